The molecule has 1 amide bonds. The van der Waals surface area contributed by atoms with Crippen LogP contribution in [0.4, 0.5) is 5.69 Å². The number of aromatic hydroxyl groups is 1. The van der Waals surface area contributed by atoms with Gasteiger partial charge < -0.3 is 36.2 Å². The lowest BCUT2D eigenvalue weighted by molar-refractivity contribution is -0.169. The van der Waals surface area contributed by atoms with Gasteiger partial charge in [0.2, 0.25) is 5.78 Å². The third-order valence-corrected chi connectivity index (χ3v) is 8.15. The number of Topliss-reactive ketones (excluding diaryl/α,β-unsaturated/α-hetero) is 2. The molecule has 1 aromatic rings. The quantitative estimate of drug-likeness (QED) is 0.213. The molecule has 208 valence electrons. The van der Waals surface area contributed by atoms with Gasteiger partial charge in [-0.25, -0.2) is 0 Å². The first-order valence-corrected chi connectivity index (χ1v) is 12.4. The van der Waals surface area contributed by atoms with Crippen LogP contribution in [0.25, 0.3) is 5.76 Å². The molecule has 3 aliphatic rings. The van der Waals surface area contributed by atoms with E-state index in [9.17, 15) is 39.9 Å². The molecule has 39 heavy (non-hydrogen) atoms. The molecule has 0 saturated heterocycles. The Kier molecular flexibility index (Phi) is 6.97. The molecule has 0 heterocycles. The average Bonchev–Trinajstić information content (AvgIpc) is 2.85. The van der Waals surface area contributed by atoms with Gasteiger partial charge in [0.25, 0.3) is 5.91 Å². The summed E-state index contributed by atoms with van der Waals surface area (Å²) in [6.07, 6.45) is 1.60. The zero-order chi connectivity index (χ0) is 29.1. The lowest BCUT2D eigenvalue weighted by Gasteiger charge is -2.53. The first-order chi connectivity index (χ1) is 18.3. The number of carbonyl (C=O) groups excluding carboxylic acids is 3. The van der Waals surface area contributed by atoms with E-state index in [1.54, 1.807) is 36.1 Å². The largest absolute Gasteiger partial charge is 0.508 e. The summed E-state index contributed by atoms with van der Waals surface area (Å²) >= 11 is 0. The SMILES string of the molecule is C=CCN(CC=C)c1ccc2c(c1O)C(O)=C1C(=O)C3(O)C(O)=C(C(N)=O)C(=O)C(N(C)C)C3C(O)C1C2C. The second-order valence-electron chi connectivity index (χ2n) is 10.4. The van der Waals surface area contributed by atoms with Crippen molar-refractivity contribution in [2.75, 3.05) is 32.1 Å². The number of amides is 1. The molecule has 0 spiro atoms. The Hall–Kier alpha value is -3.93. The number of phenolic OH excluding ortho intramolecular Hbond substituents is 1. The van der Waals surface area contributed by atoms with E-state index in [2.05, 4.69) is 13.2 Å². The Morgan fingerprint density at radius 2 is 1.72 bits per heavy atom. The number of nitrogens with two attached hydrogens (primary N) is 1. The molecule has 11 nitrogen and oxygen atoms in total. The number of nitrogens with zero attached hydrogens (tertiary/aromatic N) is 2. The van der Waals surface area contributed by atoms with Crippen molar-refractivity contribution < 1.29 is 39.9 Å². The number of carbonyl (C=O) groups is 3. The van der Waals surface area contributed by atoms with Crippen molar-refractivity contribution in [3.05, 3.63) is 65.5 Å². The summed E-state index contributed by atoms with van der Waals surface area (Å²) in [5.74, 6) is -9.19. The zero-order valence-corrected chi connectivity index (χ0v) is 22.0. The number of likely N-dealkylation sites (N-methyl/N-ethyl adjacent to an activating group) is 1. The van der Waals surface area contributed by atoms with Gasteiger partial charge in [0.15, 0.2) is 11.4 Å². The van der Waals surface area contributed by atoms with Crippen molar-refractivity contribution in [2.24, 2.45) is 17.6 Å². The van der Waals surface area contributed by atoms with Gasteiger partial charge in [-0.2, -0.15) is 0 Å². The number of phenols is 1. The van der Waals surface area contributed by atoms with Crippen LogP contribution in [-0.2, 0) is 14.4 Å². The molecular formula is C28H33N3O8. The zero-order valence-electron chi connectivity index (χ0n) is 22.0. The molecule has 6 unspecified atom stereocenters. The number of hydrogen-bond acceptors (Lipinski definition) is 10. The van der Waals surface area contributed by atoms with Crippen LogP contribution < -0.4 is 10.6 Å². The van der Waals surface area contributed by atoms with Crippen molar-refractivity contribution in [1.29, 1.82) is 0 Å². The van der Waals surface area contributed by atoms with E-state index in [0.29, 0.717) is 24.3 Å². The Balaban J connectivity index is 2.01. The van der Waals surface area contributed by atoms with Gasteiger partial charge >= 0.3 is 0 Å². The number of rotatable bonds is 7. The number of anilines is 1. The second-order valence-corrected chi connectivity index (χ2v) is 10.4. The van der Waals surface area contributed by atoms with Gasteiger partial charge in [-0.1, -0.05) is 25.1 Å². The third kappa shape index (κ3) is 3.72. The summed E-state index contributed by atoms with van der Waals surface area (Å²) in [5.41, 5.74) is 1.68. The molecule has 0 bridgehead atoms. The van der Waals surface area contributed by atoms with Gasteiger partial charge in [-0.3, -0.25) is 19.3 Å². The van der Waals surface area contributed by atoms with E-state index >= 15 is 0 Å². The first-order valence-electron chi connectivity index (χ1n) is 12.4. The Bertz CT molecular complexity index is 1350. The summed E-state index contributed by atoms with van der Waals surface area (Å²) in [4.78, 5) is 42.4. The number of fused-ring (bicyclic) bond motifs is 3. The molecule has 3 aliphatic carbocycles. The van der Waals surface area contributed by atoms with Crippen molar-refractivity contribution >= 4 is 28.9 Å². The topological polar surface area (TPSA) is 185 Å². The van der Waals surface area contributed by atoms with Crippen LogP contribution in [0.15, 0.2) is 54.3 Å². The van der Waals surface area contributed by atoms with Crippen LogP contribution in [-0.4, -0.2) is 92.8 Å². The van der Waals surface area contributed by atoms with Crippen molar-refractivity contribution in [2.45, 2.75) is 30.6 Å². The number of ketones is 2. The van der Waals surface area contributed by atoms with E-state index in [1.165, 1.54) is 19.0 Å². The van der Waals surface area contributed by atoms with Gasteiger partial charge in [-0.05, 0) is 31.6 Å². The fraction of sp³-hybridized carbons (Fsp3) is 0.393. The number of aliphatic hydroxyl groups is 4. The molecule has 0 aromatic heterocycles. The van der Waals surface area contributed by atoms with Crippen LogP contribution in [0.3, 0.4) is 0 Å². The van der Waals surface area contributed by atoms with Crippen molar-refractivity contribution in [3.8, 4) is 5.75 Å². The van der Waals surface area contributed by atoms with E-state index in [4.69, 9.17) is 5.73 Å². The minimum absolute atomic E-state index is 0.0679. The molecule has 0 radical (unpaired) electrons. The minimum atomic E-state index is -2.95. The summed E-state index contributed by atoms with van der Waals surface area (Å²) < 4.78 is 0. The molecule has 7 N–H and O–H groups in total. The van der Waals surface area contributed by atoms with Gasteiger partial charge in [0.05, 0.1) is 29.3 Å². The maximum Gasteiger partial charge on any atom is 0.255 e. The number of benzene rings is 1. The maximum atomic E-state index is 14.0. The van der Waals surface area contributed by atoms with Gasteiger partial charge in [0.1, 0.15) is 22.8 Å². The van der Waals surface area contributed by atoms with Crippen molar-refractivity contribution in [3.63, 3.8) is 0 Å². The lowest BCUT2D eigenvalue weighted by Crippen LogP contribution is -2.70. The summed E-state index contributed by atoms with van der Waals surface area (Å²) in [6, 6.07) is 1.91. The Morgan fingerprint density at radius 1 is 1.13 bits per heavy atom. The standard InChI is InChI=1S/C28H33N3O8/c1-6-10-31(11-7-2)14-9-8-13-12(3)15-17(22(33)16(13)21(14)32)25(36)28(39)19(23(15)34)20(30(4)5)24(35)18(26(28)37)27(29)38/h6-9,12,15,19-20,23,32-34,37,39H,1-2,10-11H2,3-5H3,(H2,29,38). The molecule has 1 saturated carbocycles. The monoisotopic (exact) mass is 539 g/mol. The van der Waals surface area contributed by atoms with Crippen molar-refractivity contribution in [1.82, 2.24) is 4.90 Å². The predicted octanol–water partition coefficient (Wildman–Crippen LogP) is 0.674. The highest BCUT2D eigenvalue weighted by molar-refractivity contribution is 6.24. The summed E-state index contributed by atoms with van der Waals surface area (Å²) in [6.45, 7) is 9.78. The predicted molar refractivity (Wildman–Crippen MR) is 143 cm³/mol. The number of primary amides is 1. The normalized spacial score (nSPS) is 30.1. The Morgan fingerprint density at radius 3 is 2.23 bits per heavy atom. The maximum absolute atomic E-state index is 14.0. The second kappa shape index (κ2) is 9.67. The highest BCUT2D eigenvalue weighted by Crippen LogP contribution is 2.56. The van der Waals surface area contributed by atoms with E-state index in [-0.39, 0.29) is 11.3 Å². The van der Waals surface area contributed by atoms with E-state index < -0.39 is 75.6 Å². The fourth-order valence-electron chi connectivity index (χ4n) is 6.44. The fourth-order valence-corrected chi connectivity index (χ4v) is 6.44. The van der Waals surface area contributed by atoms with E-state index in [1.807, 2.05) is 0 Å². The highest BCUT2D eigenvalue weighted by Gasteiger charge is 2.68. The van der Waals surface area contributed by atoms with Gasteiger partial charge in [0, 0.05) is 24.6 Å². The van der Waals surface area contributed by atoms with Crippen LogP contribution in [0.5, 0.6) is 5.75 Å². The molecule has 11 heteroatoms. The molecule has 1 fully saturated rings. The van der Waals surface area contributed by atoms with Crippen LogP contribution in [0.2, 0.25) is 0 Å². The minimum Gasteiger partial charge on any atom is -0.508 e. The van der Waals surface area contributed by atoms with Crippen LogP contribution in [0, 0.1) is 11.8 Å². The van der Waals surface area contributed by atoms with Crippen LogP contribution >= 0.6 is 0 Å². The smallest absolute Gasteiger partial charge is 0.255 e. The number of hydrogen-bond donors (Lipinski definition) is 6. The van der Waals surface area contributed by atoms with Crippen LogP contribution in [0.1, 0.15) is 24.0 Å². The van der Waals surface area contributed by atoms with Gasteiger partial charge in [-0.15, -0.1) is 13.2 Å². The average molecular weight is 540 g/mol. The molecule has 4 rings (SSSR count). The molecule has 0 aliphatic heterocycles. The third-order valence-electron chi connectivity index (χ3n) is 8.15. The molecular weight excluding hydrogens is 506 g/mol. The molecule has 6 atom stereocenters. The first kappa shape index (κ1) is 28.1. The Labute approximate surface area is 225 Å². The lowest BCUT2D eigenvalue weighted by atomic mass is 9.54. The molecule has 1 aromatic carbocycles. The van der Waals surface area contributed by atoms with E-state index in [0.717, 1.165) is 0 Å². The highest BCUT2D eigenvalue weighted by atomic mass is 16.4. The summed E-state index contributed by atoms with van der Waals surface area (Å²) in [5, 5.41) is 57.1. The summed E-state index contributed by atoms with van der Waals surface area (Å²) in [7, 11) is 2.92. The number of aliphatic hydroxyl groups excluding tert-OH is 3.